The fourth-order valence-corrected chi connectivity index (χ4v) is 2.19. The van der Waals surface area contributed by atoms with Crippen molar-refractivity contribution in [2.45, 2.75) is 5.72 Å². The molecule has 100 valence electrons. The van der Waals surface area contributed by atoms with Crippen LogP contribution < -0.4 is 5.32 Å². The highest BCUT2D eigenvalue weighted by Gasteiger charge is 2.46. The Balaban J connectivity index is 1.96. The normalized spacial score (nSPS) is 20.7. The number of carboxylic acids is 1. The molecule has 3 rings (SSSR count). The topological polar surface area (TPSA) is 58.6 Å². The maximum Gasteiger partial charge on any atom is 0.375 e. The molecule has 1 aliphatic rings. The molecule has 0 aliphatic carbocycles. The Hall–Kier alpha value is -2.75. The fraction of sp³-hybridized carbons (Fsp3) is 0.0625. The van der Waals surface area contributed by atoms with Crippen LogP contribution in [0.3, 0.4) is 0 Å². The van der Waals surface area contributed by atoms with Crippen LogP contribution in [0.5, 0.6) is 0 Å². The maximum absolute atomic E-state index is 11.7. The van der Waals surface area contributed by atoms with Gasteiger partial charge in [0.25, 0.3) is 0 Å². The second-order valence-electron chi connectivity index (χ2n) is 4.49. The predicted octanol–water partition coefficient (Wildman–Crippen LogP) is 2.54. The summed E-state index contributed by atoms with van der Waals surface area (Å²) in [6.45, 7) is 0. The number of aliphatic carboxylic acids is 1. The molecule has 0 saturated heterocycles. The first-order valence-electron chi connectivity index (χ1n) is 6.23. The van der Waals surface area contributed by atoms with E-state index in [1.54, 1.807) is 24.3 Å². The summed E-state index contributed by atoms with van der Waals surface area (Å²) in [6.07, 6.45) is 1.45. The molecule has 2 N–H and O–H groups in total. The summed E-state index contributed by atoms with van der Waals surface area (Å²) in [5.74, 6) is -1.08. The van der Waals surface area contributed by atoms with Crippen LogP contribution in [0.4, 0.5) is 0 Å². The van der Waals surface area contributed by atoms with Crippen molar-refractivity contribution < 1.29 is 14.6 Å². The molecule has 1 atom stereocenters. The highest BCUT2D eigenvalue weighted by atomic mass is 16.5. The summed E-state index contributed by atoms with van der Waals surface area (Å²) in [5.41, 5.74) is 0.519. The molecule has 1 aliphatic heterocycles. The number of hydrogen-bond donors (Lipinski definition) is 2. The molecule has 2 aromatic carbocycles. The largest absolute Gasteiger partial charge is 0.477 e. The van der Waals surface area contributed by atoms with Crippen molar-refractivity contribution in [3.63, 3.8) is 0 Å². The Labute approximate surface area is 116 Å². The molecule has 0 fully saturated rings. The summed E-state index contributed by atoms with van der Waals surface area (Å²) >= 11 is 0. The van der Waals surface area contributed by atoms with Crippen molar-refractivity contribution in [1.29, 1.82) is 0 Å². The Bertz CT molecular complexity index is 652. The maximum atomic E-state index is 11.7. The average Bonchev–Trinajstić information content (AvgIpc) is 2.96. The molecule has 0 spiro atoms. The third-order valence-corrected chi connectivity index (χ3v) is 3.23. The molecule has 0 aromatic heterocycles. The number of ether oxygens (including phenoxy) is 1. The predicted molar refractivity (Wildman–Crippen MR) is 74.4 cm³/mol. The minimum Gasteiger partial charge on any atom is -0.477 e. The van der Waals surface area contributed by atoms with Gasteiger partial charge in [0.15, 0.2) is 0 Å². The lowest BCUT2D eigenvalue weighted by Crippen LogP contribution is -2.46. The third kappa shape index (κ3) is 1.91. The van der Waals surface area contributed by atoms with Gasteiger partial charge in [-0.25, -0.2) is 4.79 Å². The van der Waals surface area contributed by atoms with Crippen LogP contribution in [-0.4, -0.2) is 11.1 Å². The van der Waals surface area contributed by atoms with Gasteiger partial charge in [0, 0.05) is 11.1 Å². The molecule has 0 bridgehead atoms. The van der Waals surface area contributed by atoms with Gasteiger partial charge in [-0.05, 0) is 0 Å². The quantitative estimate of drug-likeness (QED) is 0.897. The minimum atomic E-state index is -1.56. The zero-order chi connectivity index (χ0) is 14.0. The monoisotopic (exact) mass is 267 g/mol. The lowest BCUT2D eigenvalue weighted by molar-refractivity contribution is -0.160. The summed E-state index contributed by atoms with van der Waals surface area (Å²) in [7, 11) is 0. The van der Waals surface area contributed by atoms with Crippen LogP contribution in [0.25, 0.3) is 5.70 Å². The van der Waals surface area contributed by atoms with Crippen molar-refractivity contribution in [1.82, 2.24) is 5.32 Å². The number of hydrogen-bond acceptors (Lipinski definition) is 3. The van der Waals surface area contributed by atoms with E-state index in [9.17, 15) is 9.90 Å². The first-order chi connectivity index (χ1) is 9.72. The van der Waals surface area contributed by atoms with Gasteiger partial charge < -0.3 is 15.2 Å². The Morgan fingerprint density at radius 3 is 2.20 bits per heavy atom. The lowest BCUT2D eigenvalue weighted by atomic mass is 10.0. The first kappa shape index (κ1) is 12.3. The van der Waals surface area contributed by atoms with Gasteiger partial charge in [-0.1, -0.05) is 60.7 Å². The van der Waals surface area contributed by atoms with Gasteiger partial charge >= 0.3 is 11.7 Å². The highest BCUT2D eigenvalue weighted by Crippen LogP contribution is 2.32. The van der Waals surface area contributed by atoms with Crippen LogP contribution in [0.2, 0.25) is 0 Å². The number of rotatable bonds is 3. The van der Waals surface area contributed by atoms with Crippen molar-refractivity contribution in [3.8, 4) is 0 Å². The Kier molecular flexibility index (Phi) is 2.91. The highest BCUT2D eigenvalue weighted by molar-refractivity contribution is 5.83. The van der Waals surface area contributed by atoms with Crippen LogP contribution in [0.15, 0.2) is 66.9 Å². The van der Waals surface area contributed by atoms with Gasteiger partial charge in [0.05, 0.1) is 5.70 Å². The van der Waals surface area contributed by atoms with Crippen LogP contribution in [0.1, 0.15) is 11.1 Å². The number of carbonyl (C=O) groups is 1. The second-order valence-corrected chi connectivity index (χ2v) is 4.49. The van der Waals surface area contributed by atoms with E-state index in [1.807, 2.05) is 36.4 Å². The molecule has 2 aromatic rings. The van der Waals surface area contributed by atoms with E-state index in [-0.39, 0.29) is 0 Å². The summed E-state index contributed by atoms with van der Waals surface area (Å²) in [5, 5.41) is 12.5. The van der Waals surface area contributed by atoms with E-state index in [4.69, 9.17) is 4.74 Å². The zero-order valence-corrected chi connectivity index (χ0v) is 10.6. The molecule has 20 heavy (non-hydrogen) atoms. The molecular formula is C16H13NO3. The second kappa shape index (κ2) is 4.74. The van der Waals surface area contributed by atoms with E-state index in [1.165, 1.54) is 6.26 Å². The molecule has 0 amide bonds. The van der Waals surface area contributed by atoms with Crippen molar-refractivity contribution in [3.05, 3.63) is 78.1 Å². The van der Waals surface area contributed by atoms with E-state index >= 15 is 0 Å². The SMILES string of the molecule is O=C(O)C1(c2ccccc2)NC(c2ccccc2)=CO1. The van der Waals surface area contributed by atoms with Crippen molar-refractivity contribution >= 4 is 11.7 Å². The Morgan fingerprint density at radius 1 is 1.00 bits per heavy atom. The molecule has 1 heterocycles. The van der Waals surface area contributed by atoms with Crippen molar-refractivity contribution in [2.24, 2.45) is 0 Å². The number of nitrogens with one attached hydrogen (secondary N) is 1. The van der Waals surface area contributed by atoms with Gasteiger partial charge in [-0.3, -0.25) is 0 Å². The zero-order valence-electron chi connectivity index (χ0n) is 10.6. The smallest absolute Gasteiger partial charge is 0.375 e. The van der Waals surface area contributed by atoms with E-state index in [0.717, 1.165) is 5.56 Å². The average molecular weight is 267 g/mol. The molecule has 4 heteroatoms. The molecular weight excluding hydrogens is 254 g/mol. The van der Waals surface area contributed by atoms with E-state index in [2.05, 4.69) is 5.32 Å². The van der Waals surface area contributed by atoms with Crippen LogP contribution in [0, 0.1) is 0 Å². The van der Waals surface area contributed by atoms with Gasteiger partial charge in [0.2, 0.25) is 0 Å². The van der Waals surface area contributed by atoms with Gasteiger partial charge in [-0.2, -0.15) is 0 Å². The lowest BCUT2D eigenvalue weighted by Gasteiger charge is -2.25. The third-order valence-electron chi connectivity index (χ3n) is 3.23. The van der Waals surface area contributed by atoms with Crippen molar-refractivity contribution in [2.75, 3.05) is 0 Å². The van der Waals surface area contributed by atoms with E-state index < -0.39 is 11.7 Å². The number of carboxylic acid groups (broad SMARTS) is 1. The van der Waals surface area contributed by atoms with Crippen LogP contribution >= 0.6 is 0 Å². The van der Waals surface area contributed by atoms with Gasteiger partial charge in [0.1, 0.15) is 6.26 Å². The van der Waals surface area contributed by atoms with E-state index in [0.29, 0.717) is 11.3 Å². The summed E-state index contributed by atoms with van der Waals surface area (Å²) < 4.78 is 5.48. The molecule has 4 nitrogen and oxygen atoms in total. The number of benzene rings is 2. The summed E-state index contributed by atoms with van der Waals surface area (Å²) in [6, 6.07) is 18.3. The fourth-order valence-electron chi connectivity index (χ4n) is 2.19. The Morgan fingerprint density at radius 2 is 1.60 bits per heavy atom. The minimum absolute atomic E-state index is 0.551. The first-order valence-corrected chi connectivity index (χ1v) is 6.23. The van der Waals surface area contributed by atoms with Gasteiger partial charge in [-0.15, -0.1) is 0 Å². The standard InChI is InChI=1S/C16H13NO3/c18-15(19)16(13-9-5-2-6-10-13)17-14(11-20-16)12-7-3-1-4-8-12/h1-11,17H,(H,18,19). The van der Waals surface area contributed by atoms with Crippen LogP contribution in [-0.2, 0) is 15.3 Å². The molecule has 0 radical (unpaired) electrons. The molecule has 1 unspecified atom stereocenters. The molecule has 0 saturated carbocycles. The summed E-state index contributed by atoms with van der Waals surface area (Å²) in [4.78, 5) is 11.7.